The maximum absolute atomic E-state index is 8.40. The molecule has 2 N–H and O–H groups in total. The van der Waals surface area contributed by atoms with E-state index in [1.807, 2.05) is 30.3 Å². The normalized spacial score (nSPS) is 19.4. The summed E-state index contributed by atoms with van der Waals surface area (Å²) in [6.45, 7) is 2.24. The van der Waals surface area contributed by atoms with Crippen LogP contribution >= 0.6 is 0 Å². The molecule has 0 aliphatic carbocycles. The second kappa shape index (κ2) is 6.12. The van der Waals surface area contributed by atoms with Crippen molar-refractivity contribution in [2.24, 2.45) is 0 Å². The minimum atomic E-state index is 0.0965. The Labute approximate surface area is 102 Å². The van der Waals surface area contributed by atoms with Crippen molar-refractivity contribution in [1.29, 1.82) is 5.26 Å². The molecule has 4 heteroatoms. The molecule has 0 spiro atoms. The van der Waals surface area contributed by atoms with Crippen LogP contribution in [-0.4, -0.2) is 25.7 Å². The first-order chi connectivity index (χ1) is 8.38. The summed E-state index contributed by atoms with van der Waals surface area (Å²) in [5, 5.41) is 15.3. The average Bonchev–Trinajstić information content (AvgIpc) is 2.39. The second-order valence-electron chi connectivity index (χ2n) is 4.16. The van der Waals surface area contributed by atoms with Gasteiger partial charge in [0, 0.05) is 18.3 Å². The molecule has 1 unspecified atom stereocenters. The smallest absolute Gasteiger partial charge is 0.174 e. The highest BCUT2D eigenvalue weighted by molar-refractivity contribution is 5.47. The summed E-state index contributed by atoms with van der Waals surface area (Å²) >= 11 is 0. The molecule has 1 aliphatic heterocycles. The number of rotatable bonds is 4. The minimum Gasteiger partial charge on any atom is -0.479 e. The zero-order chi connectivity index (χ0) is 11.9. The van der Waals surface area contributed by atoms with Crippen LogP contribution in [0.4, 0.5) is 5.69 Å². The molecule has 4 nitrogen and oxygen atoms in total. The fourth-order valence-electron chi connectivity index (χ4n) is 1.97. The van der Waals surface area contributed by atoms with Crippen LogP contribution in [0.5, 0.6) is 5.75 Å². The van der Waals surface area contributed by atoms with E-state index >= 15 is 0 Å². The van der Waals surface area contributed by atoms with Crippen LogP contribution in [-0.2, 0) is 0 Å². The summed E-state index contributed by atoms with van der Waals surface area (Å²) in [5.74, 6) is 0.735. The maximum Gasteiger partial charge on any atom is 0.174 e. The van der Waals surface area contributed by atoms with Gasteiger partial charge in [0.05, 0.1) is 0 Å². The van der Waals surface area contributed by atoms with Gasteiger partial charge >= 0.3 is 0 Å². The number of ether oxygens (including phenoxy) is 1. The summed E-state index contributed by atoms with van der Waals surface area (Å²) in [6.07, 6.45) is 2.43. The Hall–Kier alpha value is -1.73. The van der Waals surface area contributed by atoms with Crippen LogP contribution in [0, 0.1) is 11.3 Å². The lowest BCUT2D eigenvalue weighted by Crippen LogP contribution is -2.38. The van der Waals surface area contributed by atoms with Gasteiger partial charge in [-0.1, -0.05) is 0 Å². The van der Waals surface area contributed by atoms with Crippen molar-refractivity contribution in [2.75, 3.05) is 25.0 Å². The van der Waals surface area contributed by atoms with Gasteiger partial charge in [-0.05, 0) is 43.7 Å². The largest absolute Gasteiger partial charge is 0.479 e. The van der Waals surface area contributed by atoms with Crippen molar-refractivity contribution in [2.45, 2.75) is 18.9 Å². The average molecular weight is 231 g/mol. The number of nitrogens with one attached hydrogen (secondary N) is 2. The molecule has 0 aromatic heterocycles. The number of benzene rings is 1. The first-order valence-corrected chi connectivity index (χ1v) is 5.95. The molecule has 1 aliphatic rings. The third-order valence-corrected chi connectivity index (χ3v) is 2.83. The fraction of sp³-hybridized carbons (Fsp3) is 0.462. The van der Waals surface area contributed by atoms with Crippen molar-refractivity contribution in [1.82, 2.24) is 5.32 Å². The number of nitriles is 1. The van der Waals surface area contributed by atoms with E-state index in [9.17, 15) is 0 Å². The topological polar surface area (TPSA) is 57.1 Å². The van der Waals surface area contributed by atoms with Crippen molar-refractivity contribution in [3.05, 3.63) is 24.3 Å². The molecular formula is C13H17N3O. The van der Waals surface area contributed by atoms with Crippen molar-refractivity contribution in [3.63, 3.8) is 0 Å². The van der Waals surface area contributed by atoms with E-state index in [1.165, 1.54) is 12.8 Å². The zero-order valence-corrected chi connectivity index (χ0v) is 9.78. The molecule has 1 heterocycles. The van der Waals surface area contributed by atoms with E-state index in [-0.39, 0.29) is 6.61 Å². The van der Waals surface area contributed by atoms with Crippen molar-refractivity contribution >= 4 is 5.69 Å². The minimum absolute atomic E-state index is 0.0965. The second-order valence-corrected chi connectivity index (χ2v) is 4.16. The molecule has 1 saturated heterocycles. The van der Waals surface area contributed by atoms with Gasteiger partial charge in [-0.2, -0.15) is 5.26 Å². The molecular weight excluding hydrogens is 214 g/mol. The summed E-state index contributed by atoms with van der Waals surface area (Å²) in [6, 6.07) is 10.2. The van der Waals surface area contributed by atoms with Crippen LogP contribution in [0.3, 0.4) is 0 Å². The Morgan fingerprint density at radius 3 is 2.88 bits per heavy atom. The molecule has 1 atom stereocenters. The Balaban J connectivity index is 1.86. The van der Waals surface area contributed by atoms with Crippen molar-refractivity contribution < 1.29 is 4.74 Å². The Morgan fingerprint density at radius 2 is 2.24 bits per heavy atom. The van der Waals surface area contributed by atoms with E-state index < -0.39 is 0 Å². The summed E-state index contributed by atoms with van der Waals surface area (Å²) in [7, 11) is 0. The number of anilines is 1. The van der Waals surface area contributed by atoms with E-state index in [2.05, 4.69) is 10.6 Å². The molecule has 0 radical (unpaired) electrons. The van der Waals surface area contributed by atoms with Crippen LogP contribution < -0.4 is 15.4 Å². The molecule has 0 amide bonds. The molecule has 0 saturated carbocycles. The lowest BCUT2D eigenvalue weighted by atomic mass is 10.1. The highest BCUT2D eigenvalue weighted by Gasteiger charge is 2.11. The summed E-state index contributed by atoms with van der Waals surface area (Å²) in [5.41, 5.74) is 1.10. The Morgan fingerprint density at radius 1 is 1.41 bits per heavy atom. The number of hydrogen-bond acceptors (Lipinski definition) is 4. The molecule has 17 heavy (non-hydrogen) atoms. The maximum atomic E-state index is 8.40. The predicted octanol–water partition coefficient (Wildman–Crippen LogP) is 1.75. The molecule has 1 aromatic rings. The monoisotopic (exact) mass is 231 g/mol. The molecule has 1 aromatic carbocycles. The van der Waals surface area contributed by atoms with Gasteiger partial charge in [0.2, 0.25) is 0 Å². The van der Waals surface area contributed by atoms with Gasteiger partial charge in [-0.25, -0.2) is 0 Å². The van der Waals surface area contributed by atoms with Crippen molar-refractivity contribution in [3.8, 4) is 11.8 Å². The third-order valence-electron chi connectivity index (χ3n) is 2.83. The highest BCUT2D eigenvalue weighted by atomic mass is 16.5. The van der Waals surface area contributed by atoms with E-state index in [0.29, 0.717) is 6.04 Å². The number of hydrogen-bond donors (Lipinski definition) is 2. The quantitative estimate of drug-likeness (QED) is 0.829. The SMILES string of the molecule is N#CCOc1ccc(NC2CCCNC2)cc1. The van der Waals surface area contributed by atoms with E-state index in [4.69, 9.17) is 10.00 Å². The lowest BCUT2D eigenvalue weighted by Gasteiger charge is -2.24. The van der Waals surface area contributed by atoms with Crippen LogP contribution in [0.1, 0.15) is 12.8 Å². The Bertz CT molecular complexity index is 377. The van der Waals surface area contributed by atoms with Gasteiger partial charge in [0.15, 0.2) is 6.61 Å². The van der Waals surface area contributed by atoms with Gasteiger partial charge in [0.25, 0.3) is 0 Å². The summed E-state index contributed by atoms with van der Waals surface area (Å²) in [4.78, 5) is 0. The first kappa shape index (κ1) is 11.7. The Kier molecular flexibility index (Phi) is 4.23. The zero-order valence-electron chi connectivity index (χ0n) is 9.78. The van der Waals surface area contributed by atoms with Gasteiger partial charge < -0.3 is 15.4 Å². The number of piperidine rings is 1. The van der Waals surface area contributed by atoms with Crippen LogP contribution in [0.15, 0.2) is 24.3 Å². The molecule has 2 rings (SSSR count). The van der Waals surface area contributed by atoms with Crippen LogP contribution in [0.25, 0.3) is 0 Å². The fourth-order valence-corrected chi connectivity index (χ4v) is 1.97. The molecule has 90 valence electrons. The van der Waals surface area contributed by atoms with E-state index in [1.54, 1.807) is 0 Å². The molecule has 1 fully saturated rings. The standard InChI is InChI=1S/C13H17N3O/c14-7-9-17-13-5-3-11(4-6-13)16-12-2-1-8-15-10-12/h3-6,12,15-16H,1-2,8-10H2. The van der Waals surface area contributed by atoms with Gasteiger partial charge in [-0.15, -0.1) is 0 Å². The third kappa shape index (κ3) is 3.65. The molecule has 0 bridgehead atoms. The predicted molar refractivity (Wildman–Crippen MR) is 67.1 cm³/mol. The van der Waals surface area contributed by atoms with Crippen LogP contribution in [0.2, 0.25) is 0 Å². The number of nitrogens with zero attached hydrogens (tertiary/aromatic N) is 1. The van der Waals surface area contributed by atoms with E-state index in [0.717, 1.165) is 24.5 Å². The van der Waals surface area contributed by atoms with Gasteiger partial charge in [0.1, 0.15) is 11.8 Å². The first-order valence-electron chi connectivity index (χ1n) is 5.95. The lowest BCUT2D eigenvalue weighted by molar-refractivity contribution is 0.368. The summed E-state index contributed by atoms with van der Waals surface area (Å²) < 4.78 is 5.20. The van der Waals surface area contributed by atoms with Gasteiger partial charge in [-0.3, -0.25) is 0 Å². The highest BCUT2D eigenvalue weighted by Crippen LogP contribution is 2.17.